The maximum absolute atomic E-state index is 14.1. The van der Waals surface area contributed by atoms with Crippen molar-refractivity contribution in [2.45, 2.75) is 12.8 Å². The molecule has 0 fully saturated rings. The minimum absolute atomic E-state index is 0.327. The molecule has 0 amide bonds. The zero-order valence-electron chi connectivity index (χ0n) is 12.2. The highest BCUT2D eigenvalue weighted by Crippen LogP contribution is 2.27. The lowest BCUT2D eigenvalue weighted by atomic mass is 10.1. The third kappa shape index (κ3) is 3.24. The van der Waals surface area contributed by atoms with Crippen molar-refractivity contribution < 1.29 is 9.18 Å². The second-order valence-corrected chi connectivity index (χ2v) is 5.82. The van der Waals surface area contributed by atoms with Crippen LogP contribution in [0.2, 0.25) is 0 Å². The summed E-state index contributed by atoms with van der Waals surface area (Å²) in [6.45, 7) is 0.617. The molecular weight excluding hydrogens is 363 g/mol. The monoisotopic (exact) mass is 376 g/mol. The summed E-state index contributed by atoms with van der Waals surface area (Å²) >= 11 is 3.41. The van der Waals surface area contributed by atoms with Crippen LogP contribution in [0.4, 0.5) is 10.2 Å². The average Bonchev–Trinajstić information content (AvgIpc) is 2.93. The first kappa shape index (κ1) is 15.6. The zero-order valence-corrected chi connectivity index (χ0v) is 13.8. The summed E-state index contributed by atoms with van der Waals surface area (Å²) in [7, 11) is 0. The normalized spacial score (nSPS) is 10.9. The maximum atomic E-state index is 14.1. The van der Waals surface area contributed by atoms with Crippen molar-refractivity contribution in [3.63, 3.8) is 0 Å². The van der Waals surface area contributed by atoms with Gasteiger partial charge in [-0.15, -0.1) is 0 Å². The topological polar surface area (TPSA) is 59.3 Å². The Labute approximate surface area is 140 Å². The first-order chi connectivity index (χ1) is 11.2. The minimum atomic E-state index is -0.327. The molecule has 3 aromatic rings. The molecule has 0 atom stereocenters. The van der Waals surface area contributed by atoms with Gasteiger partial charge in [0.15, 0.2) is 5.65 Å². The molecule has 2 heterocycles. The Balaban J connectivity index is 2.04. The molecule has 23 heavy (non-hydrogen) atoms. The van der Waals surface area contributed by atoms with Crippen LogP contribution in [0.15, 0.2) is 41.0 Å². The molecular formula is C16H14BrFN4O. The van der Waals surface area contributed by atoms with Gasteiger partial charge in [0.05, 0.1) is 16.4 Å². The smallest absolute Gasteiger partial charge is 0.172 e. The van der Waals surface area contributed by atoms with E-state index in [0.29, 0.717) is 42.1 Å². The lowest BCUT2D eigenvalue weighted by molar-refractivity contribution is -0.107. The molecule has 0 aliphatic carbocycles. The number of nitrogens with zero attached hydrogens (tertiary/aromatic N) is 3. The number of unbranched alkanes of at least 4 members (excludes halogenated alkanes) is 1. The fourth-order valence-electron chi connectivity index (χ4n) is 2.27. The van der Waals surface area contributed by atoms with Gasteiger partial charge >= 0.3 is 0 Å². The molecule has 0 bridgehead atoms. The lowest BCUT2D eigenvalue weighted by Gasteiger charge is -2.10. The molecule has 0 spiro atoms. The molecule has 0 aliphatic rings. The van der Waals surface area contributed by atoms with Crippen molar-refractivity contribution >= 4 is 33.7 Å². The van der Waals surface area contributed by atoms with Crippen LogP contribution in [-0.4, -0.2) is 27.4 Å². The number of carbonyl (C=O) groups is 1. The summed E-state index contributed by atoms with van der Waals surface area (Å²) < 4.78 is 16.4. The highest BCUT2D eigenvalue weighted by atomic mass is 79.9. The van der Waals surface area contributed by atoms with Gasteiger partial charge in [-0.2, -0.15) is 9.61 Å². The molecule has 0 unspecified atom stereocenters. The highest BCUT2D eigenvalue weighted by molar-refractivity contribution is 9.10. The number of nitrogens with one attached hydrogen (secondary N) is 1. The SMILES string of the molecule is O=CCCCNc1cc(-c2ccccc2F)nc2c(Br)cnn12. The van der Waals surface area contributed by atoms with E-state index < -0.39 is 0 Å². The molecule has 118 valence electrons. The number of hydrogen-bond acceptors (Lipinski definition) is 4. The van der Waals surface area contributed by atoms with Crippen molar-refractivity contribution in [1.82, 2.24) is 14.6 Å². The van der Waals surface area contributed by atoms with E-state index in [1.165, 1.54) is 6.07 Å². The molecule has 7 heteroatoms. The summed E-state index contributed by atoms with van der Waals surface area (Å²) in [6, 6.07) is 8.27. The molecule has 0 saturated heterocycles. The number of hydrogen-bond donors (Lipinski definition) is 1. The lowest BCUT2D eigenvalue weighted by Crippen LogP contribution is -2.08. The summed E-state index contributed by atoms with van der Waals surface area (Å²) in [5, 5.41) is 7.48. The van der Waals surface area contributed by atoms with E-state index >= 15 is 0 Å². The summed E-state index contributed by atoms with van der Waals surface area (Å²) in [6.07, 6.45) is 3.73. The Morgan fingerprint density at radius 3 is 2.96 bits per heavy atom. The van der Waals surface area contributed by atoms with E-state index in [2.05, 4.69) is 31.3 Å². The van der Waals surface area contributed by atoms with Gasteiger partial charge in [0.25, 0.3) is 0 Å². The molecule has 0 saturated carbocycles. The van der Waals surface area contributed by atoms with E-state index in [4.69, 9.17) is 0 Å². The molecule has 5 nitrogen and oxygen atoms in total. The van der Waals surface area contributed by atoms with E-state index in [-0.39, 0.29) is 5.82 Å². The van der Waals surface area contributed by atoms with Crippen LogP contribution in [0, 0.1) is 5.82 Å². The zero-order chi connectivity index (χ0) is 16.2. The van der Waals surface area contributed by atoms with Crippen molar-refractivity contribution in [2.75, 3.05) is 11.9 Å². The second-order valence-electron chi connectivity index (χ2n) is 4.97. The molecule has 1 aromatic carbocycles. The third-order valence-electron chi connectivity index (χ3n) is 3.38. The van der Waals surface area contributed by atoms with E-state index in [1.807, 2.05) is 0 Å². The number of aromatic nitrogens is 3. The minimum Gasteiger partial charge on any atom is -0.370 e. The number of carbonyl (C=O) groups excluding carboxylic acids is 1. The number of benzene rings is 1. The van der Waals surface area contributed by atoms with Crippen molar-refractivity contribution in [2.24, 2.45) is 0 Å². The standard InChI is InChI=1S/C16H14BrFN4O/c17-12-10-20-22-15(19-7-3-4-8-23)9-14(21-16(12)22)11-5-1-2-6-13(11)18/h1-2,5-6,8-10,19H,3-4,7H2. The predicted molar refractivity (Wildman–Crippen MR) is 89.9 cm³/mol. The second kappa shape index (κ2) is 6.87. The Morgan fingerprint density at radius 1 is 1.35 bits per heavy atom. The molecule has 3 rings (SSSR count). The summed E-state index contributed by atoms with van der Waals surface area (Å²) in [5.41, 5.74) is 1.55. The van der Waals surface area contributed by atoms with Crippen LogP contribution < -0.4 is 5.32 Å². The van der Waals surface area contributed by atoms with Crippen LogP contribution in [0.3, 0.4) is 0 Å². The van der Waals surface area contributed by atoms with Crippen LogP contribution >= 0.6 is 15.9 Å². The molecule has 0 aliphatic heterocycles. The maximum Gasteiger partial charge on any atom is 0.172 e. The third-order valence-corrected chi connectivity index (χ3v) is 3.94. The quantitative estimate of drug-likeness (QED) is 0.526. The van der Waals surface area contributed by atoms with Crippen LogP contribution in [0.25, 0.3) is 16.9 Å². The molecule has 1 N–H and O–H groups in total. The first-order valence-electron chi connectivity index (χ1n) is 7.17. The highest BCUT2D eigenvalue weighted by Gasteiger charge is 2.13. The van der Waals surface area contributed by atoms with Gasteiger partial charge < -0.3 is 10.1 Å². The van der Waals surface area contributed by atoms with Gasteiger partial charge in [0.2, 0.25) is 0 Å². The Hall–Kier alpha value is -2.28. The molecule has 0 radical (unpaired) electrons. The summed E-state index contributed by atoms with van der Waals surface area (Å²) in [5.74, 6) is 0.372. The fraction of sp³-hybridized carbons (Fsp3) is 0.188. The van der Waals surface area contributed by atoms with Crippen molar-refractivity contribution in [3.05, 3.63) is 46.8 Å². The van der Waals surface area contributed by atoms with Crippen LogP contribution in [0.1, 0.15) is 12.8 Å². The van der Waals surface area contributed by atoms with Crippen LogP contribution in [0.5, 0.6) is 0 Å². The summed E-state index contributed by atoms with van der Waals surface area (Å²) in [4.78, 5) is 14.9. The van der Waals surface area contributed by atoms with Crippen LogP contribution in [-0.2, 0) is 4.79 Å². The Morgan fingerprint density at radius 2 is 2.17 bits per heavy atom. The van der Waals surface area contributed by atoms with E-state index in [0.717, 1.165) is 10.8 Å². The number of anilines is 1. The number of aldehydes is 1. The van der Waals surface area contributed by atoms with Gasteiger partial charge in [-0.3, -0.25) is 0 Å². The van der Waals surface area contributed by atoms with Crippen molar-refractivity contribution in [1.29, 1.82) is 0 Å². The van der Waals surface area contributed by atoms with E-state index in [9.17, 15) is 9.18 Å². The van der Waals surface area contributed by atoms with Gasteiger partial charge in [-0.1, -0.05) is 12.1 Å². The first-order valence-corrected chi connectivity index (χ1v) is 7.96. The fourth-order valence-corrected chi connectivity index (χ4v) is 2.62. The Bertz CT molecular complexity index is 849. The van der Waals surface area contributed by atoms with Gasteiger partial charge in [-0.25, -0.2) is 9.37 Å². The number of halogens is 2. The van der Waals surface area contributed by atoms with Crippen molar-refractivity contribution in [3.8, 4) is 11.3 Å². The largest absolute Gasteiger partial charge is 0.370 e. The Kier molecular flexibility index (Phi) is 4.66. The van der Waals surface area contributed by atoms with Gasteiger partial charge in [0, 0.05) is 24.6 Å². The average molecular weight is 377 g/mol. The molecule has 2 aromatic heterocycles. The van der Waals surface area contributed by atoms with E-state index in [1.54, 1.807) is 35.0 Å². The van der Waals surface area contributed by atoms with Gasteiger partial charge in [-0.05, 0) is 34.5 Å². The number of fused-ring (bicyclic) bond motifs is 1. The van der Waals surface area contributed by atoms with Gasteiger partial charge in [0.1, 0.15) is 17.9 Å². The number of rotatable bonds is 6. The predicted octanol–water partition coefficient (Wildman–Crippen LogP) is 3.69.